The average Bonchev–Trinajstić information content (AvgIpc) is 2.62. The van der Waals surface area contributed by atoms with Gasteiger partial charge < -0.3 is 0 Å². The molecule has 0 spiro atoms. The molecule has 0 aliphatic rings. The Kier molecular flexibility index (Phi) is 8.45. The largest absolute Gasteiger partial charge is 0.116 e. The van der Waals surface area contributed by atoms with Crippen molar-refractivity contribution in [2.24, 2.45) is 0 Å². The summed E-state index contributed by atoms with van der Waals surface area (Å²) in [6.45, 7) is 8.93. The van der Waals surface area contributed by atoms with Crippen LogP contribution < -0.4 is 0 Å². The van der Waals surface area contributed by atoms with Gasteiger partial charge in [-0.1, -0.05) is 87.1 Å². The zero-order valence-corrected chi connectivity index (χ0v) is 17.1. The van der Waals surface area contributed by atoms with E-state index in [1.807, 2.05) is 0 Å². The van der Waals surface area contributed by atoms with E-state index in [2.05, 4.69) is 82.0 Å². The molecule has 0 heterocycles. The van der Waals surface area contributed by atoms with Gasteiger partial charge in [-0.05, 0) is 61.9 Å². The molecule has 2 aromatic rings. The second-order valence-electron chi connectivity index (χ2n) is 7.47. The Morgan fingerprint density at radius 2 is 1.46 bits per heavy atom. The SMILES string of the molecule is CCCCCCCCC(=C=Cc1ccccc1)c1c(C)cc(C)cc1C. The van der Waals surface area contributed by atoms with Gasteiger partial charge >= 0.3 is 0 Å². The number of benzene rings is 2. The molecule has 0 atom stereocenters. The van der Waals surface area contributed by atoms with E-state index >= 15 is 0 Å². The quantitative estimate of drug-likeness (QED) is 0.318. The van der Waals surface area contributed by atoms with Gasteiger partial charge in [0.25, 0.3) is 0 Å². The minimum Gasteiger partial charge on any atom is -0.116 e. The Morgan fingerprint density at radius 1 is 0.846 bits per heavy atom. The highest BCUT2D eigenvalue weighted by atomic mass is 14.1. The first-order valence-corrected chi connectivity index (χ1v) is 10.2. The fourth-order valence-electron chi connectivity index (χ4n) is 3.73. The zero-order chi connectivity index (χ0) is 18.8. The van der Waals surface area contributed by atoms with Crippen LogP contribution in [0, 0.1) is 20.8 Å². The van der Waals surface area contributed by atoms with Crippen molar-refractivity contribution >= 4 is 11.6 Å². The Bertz CT molecular complexity index is 720. The number of aryl methyl sites for hydroxylation is 3. The molecule has 0 unspecified atom stereocenters. The molecule has 138 valence electrons. The van der Waals surface area contributed by atoms with Crippen LogP contribution in [0.15, 0.2) is 48.2 Å². The molecule has 0 N–H and O–H groups in total. The molecule has 0 heteroatoms. The number of allylic oxidation sites excluding steroid dienone is 1. The van der Waals surface area contributed by atoms with Gasteiger partial charge in [0, 0.05) is 5.57 Å². The minimum atomic E-state index is 1.11. The van der Waals surface area contributed by atoms with Crippen LogP contribution in [0.5, 0.6) is 0 Å². The van der Waals surface area contributed by atoms with Crippen LogP contribution in [0.3, 0.4) is 0 Å². The molecule has 0 nitrogen and oxygen atoms in total. The predicted molar refractivity (Wildman–Crippen MR) is 116 cm³/mol. The van der Waals surface area contributed by atoms with Crippen LogP contribution >= 0.6 is 0 Å². The Labute approximate surface area is 160 Å². The molecule has 0 aromatic heterocycles. The maximum atomic E-state index is 3.65. The molecule has 0 saturated carbocycles. The summed E-state index contributed by atoms with van der Waals surface area (Å²) in [6, 6.07) is 15.1. The monoisotopic (exact) mass is 346 g/mol. The van der Waals surface area contributed by atoms with Gasteiger partial charge in [-0.25, -0.2) is 0 Å². The molecule has 0 amide bonds. The van der Waals surface area contributed by atoms with E-state index in [0.29, 0.717) is 0 Å². The Morgan fingerprint density at radius 3 is 2.12 bits per heavy atom. The third kappa shape index (κ3) is 6.36. The third-order valence-electron chi connectivity index (χ3n) is 4.97. The lowest BCUT2D eigenvalue weighted by Crippen LogP contribution is -1.95. The molecule has 0 aliphatic carbocycles. The van der Waals surface area contributed by atoms with Crippen LogP contribution in [0.2, 0.25) is 0 Å². The molecule has 2 aromatic carbocycles. The predicted octanol–water partition coefficient (Wildman–Crippen LogP) is 8.06. The summed E-state index contributed by atoms with van der Waals surface area (Å²) in [6.07, 6.45) is 11.2. The number of hydrogen-bond donors (Lipinski definition) is 0. The second-order valence-corrected chi connectivity index (χ2v) is 7.47. The van der Waals surface area contributed by atoms with Gasteiger partial charge in [0.05, 0.1) is 0 Å². The van der Waals surface area contributed by atoms with Crippen LogP contribution in [0.25, 0.3) is 11.6 Å². The highest BCUT2D eigenvalue weighted by molar-refractivity contribution is 5.73. The molecule has 2 rings (SSSR count). The van der Waals surface area contributed by atoms with Crippen molar-refractivity contribution in [2.75, 3.05) is 0 Å². The van der Waals surface area contributed by atoms with E-state index in [9.17, 15) is 0 Å². The summed E-state index contributed by atoms with van der Waals surface area (Å²) in [4.78, 5) is 0. The van der Waals surface area contributed by atoms with Crippen molar-refractivity contribution in [3.05, 3.63) is 76.0 Å². The Balaban J connectivity index is 2.23. The summed E-state index contributed by atoms with van der Waals surface area (Å²) < 4.78 is 0. The van der Waals surface area contributed by atoms with Gasteiger partial charge in [0.1, 0.15) is 0 Å². The fourth-order valence-corrected chi connectivity index (χ4v) is 3.73. The fraction of sp³-hybridized carbons (Fsp3) is 0.423. The van der Waals surface area contributed by atoms with Crippen LogP contribution in [0.1, 0.15) is 79.7 Å². The Hall–Kier alpha value is -2.04. The smallest absolute Gasteiger partial charge is 0.00176 e. The molecule has 0 bridgehead atoms. The number of hydrogen-bond acceptors (Lipinski definition) is 0. The molecular weight excluding hydrogens is 312 g/mol. The highest BCUT2D eigenvalue weighted by Gasteiger charge is 2.09. The molecule has 0 saturated heterocycles. The first-order chi connectivity index (χ1) is 12.6. The zero-order valence-electron chi connectivity index (χ0n) is 17.1. The van der Waals surface area contributed by atoms with Crippen LogP contribution in [-0.2, 0) is 0 Å². The van der Waals surface area contributed by atoms with Gasteiger partial charge in [-0.3, -0.25) is 0 Å². The second kappa shape index (κ2) is 10.8. The maximum Gasteiger partial charge on any atom is 0.00176 e. The van der Waals surface area contributed by atoms with E-state index < -0.39 is 0 Å². The summed E-state index contributed by atoms with van der Waals surface area (Å²) in [5.41, 5.74) is 11.7. The third-order valence-corrected chi connectivity index (χ3v) is 4.97. The lowest BCUT2D eigenvalue weighted by molar-refractivity contribution is 0.613. The minimum absolute atomic E-state index is 1.11. The summed E-state index contributed by atoms with van der Waals surface area (Å²) in [5, 5.41) is 0. The normalized spacial score (nSPS) is 10.5. The van der Waals surface area contributed by atoms with E-state index in [1.165, 1.54) is 71.9 Å². The van der Waals surface area contributed by atoms with Crippen molar-refractivity contribution in [1.82, 2.24) is 0 Å². The number of unbranched alkanes of at least 4 members (excludes halogenated alkanes) is 5. The van der Waals surface area contributed by atoms with E-state index in [4.69, 9.17) is 0 Å². The lowest BCUT2D eigenvalue weighted by Gasteiger charge is -2.14. The van der Waals surface area contributed by atoms with Crippen molar-refractivity contribution < 1.29 is 0 Å². The van der Waals surface area contributed by atoms with Crippen molar-refractivity contribution in [3.8, 4) is 0 Å². The molecule has 0 fully saturated rings. The number of rotatable bonds is 9. The maximum absolute atomic E-state index is 3.65. The van der Waals surface area contributed by atoms with Crippen molar-refractivity contribution in [2.45, 2.75) is 72.6 Å². The first-order valence-electron chi connectivity index (χ1n) is 10.2. The summed E-state index contributed by atoms with van der Waals surface area (Å²) in [5.74, 6) is 0. The van der Waals surface area contributed by atoms with Gasteiger partial charge in [0.15, 0.2) is 0 Å². The van der Waals surface area contributed by atoms with Crippen molar-refractivity contribution in [3.63, 3.8) is 0 Å². The standard InChI is InChI=1S/C26H34/c1-5-6-7-8-9-13-16-25(18-17-24-14-11-10-12-15-24)26-22(3)19-21(2)20-23(26)4/h10-12,14-15,17,19-20H,5-9,13,16H2,1-4H3. The molecule has 26 heavy (non-hydrogen) atoms. The topological polar surface area (TPSA) is 0 Å². The van der Waals surface area contributed by atoms with E-state index in [-0.39, 0.29) is 0 Å². The van der Waals surface area contributed by atoms with Crippen molar-refractivity contribution in [1.29, 1.82) is 0 Å². The van der Waals surface area contributed by atoms with Crippen LogP contribution in [-0.4, -0.2) is 0 Å². The van der Waals surface area contributed by atoms with E-state index in [0.717, 1.165) is 6.42 Å². The first kappa shape index (κ1) is 20.3. The molecular formula is C26H34. The lowest BCUT2D eigenvalue weighted by atomic mass is 9.91. The molecule has 0 aliphatic heterocycles. The van der Waals surface area contributed by atoms with Gasteiger partial charge in [-0.15, -0.1) is 5.73 Å². The van der Waals surface area contributed by atoms with E-state index in [1.54, 1.807) is 0 Å². The van der Waals surface area contributed by atoms with Gasteiger partial charge in [-0.2, -0.15) is 0 Å². The highest BCUT2D eigenvalue weighted by Crippen LogP contribution is 2.28. The molecule has 0 radical (unpaired) electrons. The summed E-state index contributed by atoms with van der Waals surface area (Å²) >= 11 is 0. The van der Waals surface area contributed by atoms with Crippen LogP contribution in [0.4, 0.5) is 0 Å². The van der Waals surface area contributed by atoms with Gasteiger partial charge in [0.2, 0.25) is 0 Å². The summed E-state index contributed by atoms with van der Waals surface area (Å²) in [7, 11) is 0. The average molecular weight is 347 g/mol.